The van der Waals surface area contributed by atoms with E-state index in [1.807, 2.05) is 60.7 Å². The van der Waals surface area contributed by atoms with Crippen LogP contribution in [-0.4, -0.2) is 59.2 Å². The predicted molar refractivity (Wildman–Crippen MR) is 171 cm³/mol. The van der Waals surface area contributed by atoms with Crippen molar-refractivity contribution in [1.82, 2.24) is 19.8 Å². The quantitative estimate of drug-likeness (QED) is 0.239. The van der Waals surface area contributed by atoms with E-state index in [0.717, 1.165) is 54.7 Å². The van der Waals surface area contributed by atoms with Gasteiger partial charge in [-0.3, -0.25) is 4.79 Å². The Bertz CT molecular complexity index is 2200. The maximum atomic E-state index is 13.3. The molecule has 0 aliphatic carbocycles. The molecule has 0 saturated heterocycles. The number of fused-ring (bicyclic) bond motifs is 9. The van der Waals surface area contributed by atoms with Crippen molar-refractivity contribution in [2.24, 2.45) is 0 Å². The fourth-order valence-corrected chi connectivity index (χ4v) is 7.27. The first-order valence-corrected chi connectivity index (χ1v) is 15.0. The first-order chi connectivity index (χ1) is 21.9. The molecule has 10 nitrogen and oxygen atoms in total. The number of amides is 2. The van der Waals surface area contributed by atoms with Gasteiger partial charge >= 0.3 is 6.09 Å². The lowest BCUT2D eigenvalue weighted by Gasteiger charge is -2.28. The molecule has 6 aromatic rings. The van der Waals surface area contributed by atoms with Crippen molar-refractivity contribution in [2.45, 2.75) is 31.7 Å². The summed E-state index contributed by atoms with van der Waals surface area (Å²) in [5, 5.41) is 22.0. The normalized spacial score (nSPS) is 17.2. The molecule has 0 bridgehead atoms. The molecule has 4 aromatic carbocycles. The van der Waals surface area contributed by atoms with Crippen LogP contribution in [0.15, 0.2) is 66.7 Å². The van der Waals surface area contributed by atoms with Crippen LogP contribution in [0.4, 0.5) is 4.79 Å². The van der Waals surface area contributed by atoms with E-state index in [-0.39, 0.29) is 25.6 Å². The molecule has 4 heterocycles. The van der Waals surface area contributed by atoms with E-state index in [2.05, 4.69) is 25.8 Å². The Morgan fingerprint density at radius 1 is 0.911 bits per heavy atom. The van der Waals surface area contributed by atoms with E-state index in [1.165, 1.54) is 0 Å². The summed E-state index contributed by atoms with van der Waals surface area (Å²) >= 11 is 0. The maximum Gasteiger partial charge on any atom is 0.407 e. The van der Waals surface area contributed by atoms with Gasteiger partial charge in [0.25, 0.3) is 5.91 Å². The molecule has 45 heavy (non-hydrogen) atoms. The molecular weight excluding hydrogens is 572 g/mol. The number of rotatable bonds is 7. The fraction of sp³-hybridized carbons (Fsp3) is 0.257. The van der Waals surface area contributed by atoms with Crippen molar-refractivity contribution in [1.29, 1.82) is 0 Å². The smallest absolute Gasteiger partial charge is 0.407 e. The van der Waals surface area contributed by atoms with Crippen LogP contribution in [0.5, 0.6) is 11.5 Å². The Labute approximate surface area is 258 Å². The third-order valence-electron chi connectivity index (χ3n) is 9.18. The third-order valence-corrected chi connectivity index (χ3v) is 9.18. The lowest BCUT2D eigenvalue weighted by atomic mass is 9.97. The number of aromatic nitrogens is 2. The number of alkyl carbamates (subject to hydrolysis) is 1. The zero-order chi connectivity index (χ0) is 30.9. The standard InChI is InChI=1S/C35H32N4O6/c1-43-26-12-11-20(15-27(26)44-2)13-14-36-34(41)45-19-35(42)17-38-24-9-5-3-7-21(24)28-23-16-37-33(40)30(23)29-22-8-4-6-10-25(22)39(18-35)32(29)31(28)38/h3-12,15,42H,13-14,16-19H2,1-2H3,(H,36,41)(H,37,40). The number of aliphatic hydroxyl groups is 1. The van der Waals surface area contributed by atoms with Gasteiger partial charge in [0, 0.05) is 45.7 Å². The minimum Gasteiger partial charge on any atom is -0.493 e. The van der Waals surface area contributed by atoms with Crippen LogP contribution in [0.1, 0.15) is 21.5 Å². The number of ether oxygens (including phenoxy) is 3. The zero-order valence-electron chi connectivity index (χ0n) is 25.0. The molecule has 1 unspecified atom stereocenters. The molecule has 8 rings (SSSR count). The SMILES string of the molecule is COc1ccc(CCNC(=O)OCC2(O)Cn3c4ccccc4c4c5c(c6c7ccccc7n(c6c43)C2)C(=O)NC5)cc1OC. The number of methoxy groups -OCH3 is 2. The highest BCUT2D eigenvalue weighted by atomic mass is 16.6. The van der Waals surface area contributed by atoms with Crippen LogP contribution in [0.3, 0.4) is 0 Å². The summed E-state index contributed by atoms with van der Waals surface area (Å²) in [5.74, 6) is 1.18. The summed E-state index contributed by atoms with van der Waals surface area (Å²) in [6, 6.07) is 21.7. The Hall–Kier alpha value is -5.22. The number of nitrogens with zero attached hydrogens (tertiary/aromatic N) is 2. The first-order valence-electron chi connectivity index (χ1n) is 15.0. The van der Waals surface area contributed by atoms with Crippen LogP contribution in [0.2, 0.25) is 0 Å². The lowest BCUT2D eigenvalue weighted by Crippen LogP contribution is -2.44. The summed E-state index contributed by atoms with van der Waals surface area (Å²) in [6.07, 6.45) is -0.0418. The third kappa shape index (κ3) is 4.12. The average molecular weight is 605 g/mol. The Morgan fingerprint density at radius 3 is 2.24 bits per heavy atom. The van der Waals surface area contributed by atoms with Gasteiger partial charge in [-0.2, -0.15) is 0 Å². The van der Waals surface area contributed by atoms with E-state index >= 15 is 0 Å². The second-order valence-corrected chi connectivity index (χ2v) is 11.9. The number of nitrogens with one attached hydrogen (secondary N) is 2. The van der Waals surface area contributed by atoms with Gasteiger partial charge in [-0.1, -0.05) is 42.5 Å². The monoisotopic (exact) mass is 604 g/mol. The molecule has 1 atom stereocenters. The molecule has 0 spiro atoms. The van der Waals surface area contributed by atoms with Gasteiger partial charge in [0.05, 0.1) is 43.9 Å². The van der Waals surface area contributed by atoms with Gasteiger partial charge in [0.1, 0.15) is 12.2 Å². The summed E-state index contributed by atoms with van der Waals surface area (Å²) in [4.78, 5) is 26.2. The van der Waals surface area contributed by atoms with E-state index < -0.39 is 11.7 Å². The van der Waals surface area contributed by atoms with Gasteiger partial charge in [-0.15, -0.1) is 0 Å². The van der Waals surface area contributed by atoms with Crippen LogP contribution in [0, 0.1) is 0 Å². The van der Waals surface area contributed by atoms with Crippen LogP contribution >= 0.6 is 0 Å². The van der Waals surface area contributed by atoms with Crippen LogP contribution in [0.25, 0.3) is 43.6 Å². The highest BCUT2D eigenvalue weighted by Crippen LogP contribution is 2.46. The Morgan fingerprint density at radius 2 is 1.56 bits per heavy atom. The van der Waals surface area contributed by atoms with Gasteiger partial charge in [0.15, 0.2) is 11.5 Å². The van der Waals surface area contributed by atoms with Crippen molar-refractivity contribution in [3.05, 3.63) is 83.4 Å². The van der Waals surface area contributed by atoms with E-state index in [4.69, 9.17) is 14.2 Å². The highest BCUT2D eigenvalue weighted by Gasteiger charge is 2.39. The molecule has 10 heteroatoms. The number of hydrogen-bond donors (Lipinski definition) is 3. The molecule has 0 fully saturated rings. The van der Waals surface area contributed by atoms with Gasteiger partial charge in [-0.25, -0.2) is 4.79 Å². The van der Waals surface area contributed by atoms with Crippen molar-refractivity contribution >= 4 is 55.6 Å². The molecule has 0 radical (unpaired) electrons. The summed E-state index contributed by atoms with van der Waals surface area (Å²) in [5.41, 5.74) is 4.98. The average Bonchev–Trinajstić information content (AvgIpc) is 3.66. The molecule has 2 aliphatic heterocycles. The molecule has 0 saturated carbocycles. The van der Waals surface area contributed by atoms with Gasteiger partial charge in [0.2, 0.25) is 0 Å². The molecule has 2 amide bonds. The minimum absolute atomic E-state index is 0.0840. The van der Waals surface area contributed by atoms with Gasteiger partial charge in [-0.05, 0) is 41.8 Å². The summed E-state index contributed by atoms with van der Waals surface area (Å²) in [7, 11) is 3.17. The molecule has 228 valence electrons. The van der Waals surface area contributed by atoms with Crippen molar-refractivity contribution in [3.63, 3.8) is 0 Å². The molecule has 2 aliphatic rings. The van der Waals surface area contributed by atoms with E-state index in [1.54, 1.807) is 14.2 Å². The number of benzene rings is 4. The zero-order valence-corrected chi connectivity index (χ0v) is 25.0. The number of para-hydroxylation sites is 2. The number of carbonyl (C=O) groups is 2. The maximum absolute atomic E-state index is 13.3. The second kappa shape index (κ2) is 10.2. The van der Waals surface area contributed by atoms with Crippen molar-refractivity contribution in [2.75, 3.05) is 27.4 Å². The highest BCUT2D eigenvalue weighted by molar-refractivity contribution is 6.30. The van der Waals surface area contributed by atoms with Crippen molar-refractivity contribution in [3.8, 4) is 11.5 Å². The van der Waals surface area contributed by atoms with Crippen LogP contribution in [-0.2, 0) is 30.8 Å². The molecular formula is C35H32N4O6. The van der Waals surface area contributed by atoms with E-state index in [9.17, 15) is 14.7 Å². The predicted octanol–water partition coefficient (Wildman–Crippen LogP) is 4.88. The minimum atomic E-state index is -1.43. The first kappa shape index (κ1) is 27.3. The number of carbonyl (C=O) groups excluding carboxylic acids is 2. The molecule has 3 N–H and O–H groups in total. The topological polar surface area (TPSA) is 116 Å². The van der Waals surface area contributed by atoms with Crippen LogP contribution < -0.4 is 20.1 Å². The summed E-state index contributed by atoms with van der Waals surface area (Å²) < 4.78 is 20.6. The second-order valence-electron chi connectivity index (χ2n) is 11.9. The lowest BCUT2D eigenvalue weighted by molar-refractivity contribution is -0.0422. The fourth-order valence-electron chi connectivity index (χ4n) is 7.27. The van der Waals surface area contributed by atoms with E-state index in [0.29, 0.717) is 36.6 Å². The molecule has 2 aromatic heterocycles. The Kier molecular flexibility index (Phi) is 6.18. The largest absolute Gasteiger partial charge is 0.493 e. The van der Waals surface area contributed by atoms with Crippen molar-refractivity contribution < 1.29 is 28.9 Å². The van der Waals surface area contributed by atoms with Gasteiger partial charge < -0.3 is 39.1 Å². The summed E-state index contributed by atoms with van der Waals surface area (Å²) in [6.45, 7) is 0.969. The Balaban J connectivity index is 1.14. The number of hydrogen-bond acceptors (Lipinski definition) is 6.